The van der Waals surface area contributed by atoms with E-state index in [0.29, 0.717) is 28.2 Å². The number of carbonyl (C=O) groups is 2. The monoisotopic (exact) mass is 395 g/mol. The van der Waals surface area contributed by atoms with Gasteiger partial charge in [0.05, 0.1) is 11.4 Å². The number of nitrogens with one attached hydrogen (secondary N) is 1. The minimum absolute atomic E-state index is 0.0199. The summed E-state index contributed by atoms with van der Waals surface area (Å²) >= 11 is 0. The Bertz CT molecular complexity index is 1280. The Morgan fingerprint density at radius 2 is 1.50 bits per heavy atom. The molecule has 3 aromatic rings. The fourth-order valence-corrected chi connectivity index (χ4v) is 3.53. The van der Waals surface area contributed by atoms with E-state index < -0.39 is 5.91 Å². The summed E-state index contributed by atoms with van der Waals surface area (Å²) in [7, 11) is 0. The molecule has 0 spiro atoms. The maximum Gasteiger partial charge on any atom is 0.284 e. The molecule has 8 nitrogen and oxygen atoms in total. The molecule has 0 saturated carbocycles. The van der Waals surface area contributed by atoms with E-state index >= 15 is 0 Å². The zero-order chi connectivity index (χ0) is 20.7. The van der Waals surface area contributed by atoms with E-state index in [2.05, 4.69) is 20.7 Å². The summed E-state index contributed by atoms with van der Waals surface area (Å²) in [6, 6.07) is 21.0. The molecule has 0 aromatic heterocycles. The fraction of sp³-hybridized carbons (Fsp3) is 0. The molecule has 2 aliphatic rings. The number of rotatable bonds is 3. The largest absolute Gasteiger partial charge is 0.320 e. The van der Waals surface area contributed by atoms with Crippen LogP contribution in [-0.4, -0.2) is 23.2 Å². The van der Waals surface area contributed by atoms with Crippen molar-refractivity contribution in [3.63, 3.8) is 0 Å². The van der Waals surface area contributed by atoms with Crippen molar-refractivity contribution in [1.82, 2.24) is 0 Å². The molecule has 0 atom stereocenters. The molecule has 0 fully saturated rings. The number of carbonyl (C=O) groups excluding carboxylic acids is 2. The maximum absolute atomic E-state index is 13.2. The Balaban J connectivity index is 1.61. The van der Waals surface area contributed by atoms with Gasteiger partial charge < -0.3 is 5.32 Å². The van der Waals surface area contributed by atoms with Crippen LogP contribution in [0.25, 0.3) is 0 Å². The number of anilines is 3. The summed E-state index contributed by atoms with van der Waals surface area (Å²) < 4.78 is 0. The lowest BCUT2D eigenvalue weighted by Gasteiger charge is -2.16. The molecular formula is C22H13N5O3. The van der Waals surface area contributed by atoms with E-state index in [1.807, 2.05) is 48.5 Å². The minimum atomic E-state index is -0.462. The molecule has 0 radical (unpaired) electrons. The van der Waals surface area contributed by atoms with Crippen LogP contribution in [0.5, 0.6) is 0 Å². The van der Waals surface area contributed by atoms with Crippen LogP contribution in [-0.2, 0) is 9.59 Å². The third kappa shape index (κ3) is 2.70. The van der Waals surface area contributed by atoms with Gasteiger partial charge in [-0.1, -0.05) is 36.4 Å². The summed E-state index contributed by atoms with van der Waals surface area (Å²) in [6.07, 6.45) is 0. The summed E-state index contributed by atoms with van der Waals surface area (Å²) in [6.45, 7) is 0. The number of nitroso groups, excluding NO2 is 1. The van der Waals surface area contributed by atoms with Crippen molar-refractivity contribution in [3.05, 3.63) is 88.8 Å². The van der Waals surface area contributed by atoms with E-state index in [4.69, 9.17) is 0 Å². The summed E-state index contributed by atoms with van der Waals surface area (Å²) in [5.41, 5.74) is 3.27. The predicted molar refractivity (Wildman–Crippen MR) is 114 cm³/mol. The predicted octanol–water partition coefficient (Wildman–Crippen LogP) is 3.91. The number of para-hydroxylation sites is 2. The van der Waals surface area contributed by atoms with Crippen molar-refractivity contribution < 1.29 is 9.59 Å². The zero-order valence-electron chi connectivity index (χ0n) is 15.4. The first-order chi connectivity index (χ1) is 14.7. The summed E-state index contributed by atoms with van der Waals surface area (Å²) in [5.74, 6) is -0.801. The molecule has 0 unspecified atom stereocenters. The van der Waals surface area contributed by atoms with E-state index in [1.165, 1.54) is 12.1 Å². The van der Waals surface area contributed by atoms with Crippen LogP contribution in [0.2, 0.25) is 0 Å². The Hall–Kier alpha value is -4.46. The SMILES string of the molecule is O=Nc1ccc2c(c1)/C(=N/N=C1\C(=O)N(c3ccccc3)c3ccccc31)C(=O)N2. The fourth-order valence-electron chi connectivity index (χ4n) is 3.53. The van der Waals surface area contributed by atoms with Gasteiger partial charge in [0, 0.05) is 16.8 Å². The average Bonchev–Trinajstić information content (AvgIpc) is 3.24. The van der Waals surface area contributed by atoms with Crippen LogP contribution >= 0.6 is 0 Å². The number of fused-ring (bicyclic) bond motifs is 2. The highest BCUT2D eigenvalue weighted by molar-refractivity contribution is 6.56. The standard InChI is InChI=1S/C22H13N5O3/c28-21-19(16-12-13(26-30)10-11-17(16)23-21)24-25-20-15-8-4-5-9-18(15)27(22(20)29)14-6-2-1-3-7-14/h1-12H,(H,23,24,28)/b25-20-. The molecule has 0 saturated heterocycles. The number of nitrogens with zero attached hydrogens (tertiary/aromatic N) is 4. The number of hydrogen-bond donors (Lipinski definition) is 1. The molecule has 0 bridgehead atoms. The van der Waals surface area contributed by atoms with E-state index in [9.17, 15) is 14.5 Å². The third-order valence-corrected chi connectivity index (χ3v) is 4.90. The number of benzene rings is 3. The molecule has 30 heavy (non-hydrogen) atoms. The van der Waals surface area contributed by atoms with Crippen LogP contribution in [0.3, 0.4) is 0 Å². The molecule has 3 aromatic carbocycles. The van der Waals surface area contributed by atoms with Crippen LogP contribution in [0, 0.1) is 4.91 Å². The average molecular weight is 395 g/mol. The first-order valence-electron chi connectivity index (χ1n) is 9.11. The Morgan fingerprint density at radius 3 is 2.30 bits per heavy atom. The zero-order valence-corrected chi connectivity index (χ0v) is 15.4. The van der Waals surface area contributed by atoms with Gasteiger partial charge in [0.15, 0.2) is 11.4 Å². The highest BCUT2D eigenvalue weighted by Gasteiger charge is 2.35. The van der Waals surface area contributed by atoms with Gasteiger partial charge >= 0.3 is 0 Å². The van der Waals surface area contributed by atoms with Gasteiger partial charge in [0.25, 0.3) is 11.8 Å². The van der Waals surface area contributed by atoms with E-state index in [-0.39, 0.29) is 23.0 Å². The molecule has 8 heteroatoms. The van der Waals surface area contributed by atoms with E-state index in [0.717, 1.165) is 0 Å². The third-order valence-electron chi connectivity index (χ3n) is 4.90. The minimum Gasteiger partial charge on any atom is -0.320 e. The van der Waals surface area contributed by atoms with Gasteiger partial charge in [-0.3, -0.25) is 14.5 Å². The van der Waals surface area contributed by atoms with Crippen molar-refractivity contribution in [1.29, 1.82) is 0 Å². The lowest BCUT2D eigenvalue weighted by molar-refractivity contribution is -0.112. The maximum atomic E-state index is 13.2. The Labute approximate surface area is 170 Å². The highest BCUT2D eigenvalue weighted by Crippen LogP contribution is 2.35. The van der Waals surface area contributed by atoms with Gasteiger partial charge in [-0.2, -0.15) is 0 Å². The number of hydrogen-bond acceptors (Lipinski definition) is 6. The lowest BCUT2D eigenvalue weighted by Crippen LogP contribution is -2.25. The molecule has 1 N–H and O–H groups in total. The Kier molecular flexibility index (Phi) is 4.03. The second-order valence-electron chi connectivity index (χ2n) is 6.67. The molecule has 2 aliphatic heterocycles. The normalized spacial score (nSPS) is 17.3. The van der Waals surface area contributed by atoms with Crippen molar-refractivity contribution in [2.75, 3.05) is 10.2 Å². The molecule has 2 heterocycles. The smallest absolute Gasteiger partial charge is 0.284 e. The molecule has 2 amide bonds. The van der Waals surface area contributed by atoms with Crippen LogP contribution in [0.15, 0.2) is 88.2 Å². The summed E-state index contributed by atoms with van der Waals surface area (Å²) in [4.78, 5) is 37.9. The van der Waals surface area contributed by atoms with Crippen LogP contribution < -0.4 is 10.2 Å². The van der Waals surface area contributed by atoms with Gasteiger partial charge in [-0.15, -0.1) is 15.1 Å². The van der Waals surface area contributed by atoms with Crippen LogP contribution in [0.4, 0.5) is 22.7 Å². The van der Waals surface area contributed by atoms with Crippen molar-refractivity contribution in [2.45, 2.75) is 0 Å². The molecular weight excluding hydrogens is 382 g/mol. The Morgan fingerprint density at radius 1 is 0.767 bits per heavy atom. The lowest BCUT2D eigenvalue weighted by atomic mass is 10.1. The quantitative estimate of drug-likeness (QED) is 0.537. The van der Waals surface area contributed by atoms with Crippen molar-refractivity contribution in [3.8, 4) is 0 Å². The molecule has 5 rings (SSSR count). The second kappa shape index (κ2) is 6.85. The van der Waals surface area contributed by atoms with Gasteiger partial charge in [0.2, 0.25) is 0 Å². The second-order valence-corrected chi connectivity index (χ2v) is 6.67. The van der Waals surface area contributed by atoms with Gasteiger partial charge in [0.1, 0.15) is 5.69 Å². The van der Waals surface area contributed by atoms with Crippen LogP contribution in [0.1, 0.15) is 11.1 Å². The van der Waals surface area contributed by atoms with Gasteiger partial charge in [-0.05, 0) is 41.6 Å². The molecule has 0 aliphatic carbocycles. The molecule has 144 valence electrons. The van der Waals surface area contributed by atoms with Crippen molar-refractivity contribution in [2.24, 2.45) is 15.4 Å². The van der Waals surface area contributed by atoms with E-state index in [1.54, 1.807) is 17.0 Å². The summed E-state index contributed by atoms with van der Waals surface area (Å²) in [5, 5.41) is 13.8. The first kappa shape index (κ1) is 17.6. The number of amides is 2. The van der Waals surface area contributed by atoms with Crippen molar-refractivity contribution >= 4 is 46.0 Å². The van der Waals surface area contributed by atoms with Gasteiger partial charge in [-0.25, -0.2) is 0 Å². The topological polar surface area (TPSA) is 104 Å². The first-order valence-corrected chi connectivity index (χ1v) is 9.11. The highest BCUT2D eigenvalue weighted by atomic mass is 16.3.